The van der Waals surface area contributed by atoms with Crippen LogP contribution in [-0.2, 0) is 4.79 Å². The number of hydrogen-bond donors (Lipinski definition) is 1. The second-order valence-corrected chi connectivity index (χ2v) is 6.09. The minimum absolute atomic E-state index is 0.171. The molecule has 24 heavy (non-hydrogen) atoms. The highest BCUT2D eigenvalue weighted by molar-refractivity contribution is 6.32. The van der Waals surface area contributed by atoms with Gasteiger partial charge in [-0.1, -0.05) is 61.8 Å². The molecule has 0 aliphatic heterocycles. The van der Waals surface area contributed by atoms with Crippen LogP contribution in [0.25, 0.3) is 6.08 Å². The minimum atomic E-state index is -0.171. The van der Waals surface area contributed by atoms with Crippen LogP contribution >= 0.6 is 11.6 Å². The zero-order valence-electron chi connectivity index (χ0n) is 14.0. The average molecular weight is 344 g/mol. The Labute approximate surface area is 148 Å². The van der Waals surface area contributed by atoms with E-state index in [0.717, 1.165) is 11.3 Å². The third-order valence-electron chi connectivity index (χ3n) is 3.52. The fourth-order valence-corrected chi connectivity index (χ4v) is 2.46. The van der Waals surface area contributed by atoms with Gasteiger partial charge in [0.1, 0.15) is 12.4 Å². The standard InChI is InChI=1S/C20H22ClNO2/c1-15(2)17-8-4-6-10-19(17)24-14-13-22-20(23)12-11-16-7-3-5-9-18(16)21/h3-12,15H,13-14H2,1-2H3,(H,22,23)/b12-11+. The first-order valence-electron chi connectivity index (χ1n) is 8.00. The van der Waals surface area contributed by atoms with Crippen molar-refractivity contribution in [1.82, 2.24) is 5.32 Å². The molecule has 2 aromatic carbocycles. The molecule has 0 fully saturated rings. The van der Waals surface area contributed by atoms with Crippen LogP contribution < -0.4 is 10.1 Å². The molecule has 1 N–H and O–H groups in total. The number of amides is 1. The number of carbonyl (C=O) groups is 1. The molecule has 0 radical (unpaired) electrons. The molecule has 0 aliphatic rings. The number of para-hydroxylation sites is 1. The zero-order chi connectivity index (χ0) is 17.4. The Morgan fingerprint density at radius 1 is 1.17 bits per heavy atom. The van der Waals surface area contributed by atoms with Crippen LogP contribution in [0.15, 0.2) is 54.6 Å². The van der Waals surface area contributed by atoms with Crippen LogP contribution in [0.3, 0.4) is 0 Å². The van der Waals surface area contributed by atoms with Crippen molar-refractivity contribution >= 4 is 23.6 Å². The first-order valence-corrected chi connectivity index (χ1v) is 8.38. The Kier molecular flexibility index (Phi) is 6.89. The average Bonchev–Trinajstić information content (AvgIpc) is 2.58. The third-order valence-corrected chi connectivity index (χ3v) is 3.86. The summed E-state index contributed by atoms with van der Waals surface area (Å²) in [7, 11) is 0. The molecule has 0 atom stereocenters. The second-order valence-electron chi connectivity index (χ2n) is 5.69. The largest absolute Gasteiger partial charge is 0.491 e. The lowest BCUT2D eigenvalue weighted by Gasteiger charge is -2.13. The Hall–Kier alpha value is -2.26. The molecule has 0 bridgehead atoms. The van der Waals surface area contributed by atoms with Crippen LogP contribution in [0.4, 0.5) is 0 Å². The van der Waals surface area contributed by atoms with E-state index in [9.17, 15) is 4.79 Å². The van der Waals surface area contributed by atoms with Gasteiger partial charge in [0.05, 0.1) is 6.54 Å². The van der Waals surface area contributed by atoms with E-state index in [2.05, 4.69) is 25.2 Å². The van der Waals surface area contributed by atoms with E-state index in [-0.39, 0.29) is 5.91 Å². The second kappa shape index (κ2) is 9.14. The topological polar surface area (TPSA) is 38.3 Å². The summed E-state index contributed by atoms with van der Waals surface area (Å²) in [5, 5.41) is 3.42. The number of hydrogen-bond acceptors (Lipinski definition) is 2. The number of ether oxygens (including phenoxy) is 1. The van der Waals surface area contributed by atoms with Gasteiger partial charge < -0.3 is 10.1 Å². The van der Waals surface area contributed by atoms with Gasteiger partial charge in [0.15, 0.2) is 0 Å². The Balaban J connectivity index is 1.78. The Morgan fingerprint density at radius 2 is 1.88 bits per heavy atom. The minimum Gasteiger partial charge on any atom is -0.491 e. The molecule has 126 valence electrons. The molecular formula is C20H22ClNO2. The van der Waals surface area contributed by atoms with Gasteiger partial charge in [-0.25, -0.2) is 0 Å². The van der Waals surface area contributed by atoms with Gasteiger partial charge in [-0.05, 0) is 35.3 Å². The van der Waals surface area contributed by atoms with Crippen molar-refractivity contribution in [1.29, 1.82) is 0 Å². The van der Waals surface area contributed by atoms with Gasteiger partial charge in [0.25, 0.3) is 0 Å². The van der Waals surface area contributed by atoms with E-state index in [4.69, 9.17) is 16.3 Å². The quantitative estimate of drug-likeness (QED) is 0.586. The summed E-state index contributed by atoms with van der Waals surface area (Å²) < 4.78 is 5.77. The molecule has 0 aliphatic carbocycles. The van der Waals surface area contributed by atoms with E-state index < -0.39 is 0 Å². The molecule has 0 heterocycles. The molecule has 1 amide bonds. The number of benzene rings is 2. The van der Waals surface area contributed by atoms with Crippen molar-refractivity contribution in [3.63, 3.8) is 0 Å². The van der Waals surface area contributed by atoms with E-state index in [1.165, 1.54) is 11.6 Å². The highest BCUT2D eigenvalue weighted by Crippen LogP contribution is 2.25. The van der Waals surface area contributed by atoms with E-state index in [1.54, 1.807) is 12.1 Å². The molecule has 2 rings (SSSR count). The number of nitrogens with one attached hydrogen (secondary N) is 1. The fraction of sp³-hybridized carbons (Fsp3) is 0.250. The van der Waals surface area contributed by atoms with Gasteiger partial charge in [0, 0.05) is 11.1 Å². The van der Waals surface area contributed by atoms with Gasteiger partial charge >= 0.3 is 0 Å². The van der Waals surface area contributed by atoms with Gasteiger partial charge in [0.2, 0.25) is 5.91 Å². The third kappa shape index (κ3) is 5.43. The van der Waals surface area contributed by atoms with E-state index in [1.807, 2.05) is 36.4 Å². The van der Waals surface area contributed by atoms with Gasteiger partial charge in [-0.3, -0.25) is 4.79 Å². The van der Waals surface area contributed by atoms with E-state index in [0.29, 0.717) is 24.1 Å². The van der Waals surface area contributed by atoms with Crippen LogP contribution in [0.2, 0.25) is 5.02 Å². The normalized spacial score (nSPS) is 11.0. The molecule has 0 spiro atoms. The zero-order valence-corrected chi connectivity index (χ0v) is 14.7. The van der Waals surface area contributed by atoms with Crippen LogP contribution in [-0.4, -0.2) is 19.1 Å². The molecule has 3 nitrogen and oxygen atoms in total. The smallest absolute Gasteiger partial charge is 0.244 e. The van der Waals surface area contributed by atoms with Crippen molar-refractivity contribution in [3.05, 3.63) is 70.8 Å². The molecule has 4 heteroatoms. The molecule has 2 aromatic rings. The summed E-state index contributed by atoms with van der Waals surface area (Å²) in [4.78, 5) is 11.8. The monoisotopic (exact) mass is 343 g/mol. The first kappa shape index (κ1) is 18.1. The summed E-state index contributed by atoms with van der Waals surface area (Å²) in [5.41, 5.74) is 1.99. The molecular weight excluding hydrogens is 322 g/mol. The molecule has 0 aromatic heterocycles. The lowest BCUT2D eigenvalue weighted by molar-refractivity contribution is -0.116. The van der Waals surface area contributed by atoms with Gasteiger partial charge in [-0.2, -0.15) is 0 Å². The summed E-state index contributed by atoms with van der Waals surface area (Å²) in [6.07, 6.45) is 3.18. The number of halogens is 1. The fourth-order valence-electron chi connectivity index (χ4n) is 2.26. The van der Waals surface area contributed by atoms with E-state index >= 15 is 0 Å². The predicted molar refractivity (Wildman–Crippen MR) is 99.5 cm³/mol. The Morgan fingerprint density at radius 3 is 2.62 bits per heavy atom. The predicted octanol–water partition coefficient (Wildman–Crippen LogP) is 4.67. The summed E-state index contributed by atoms with van der Waals surface area (Å²) in [6, 6.07) is 15.3. The van der Waals surface area contributed by atoms with Crippen LogP contribution in [0, 0.1) is 0 Å². The van der Waals surface area contributed by atoms with Crippen molar-refractivity contribution in [2.75, 3.05) is 13.2 Å². The summed E-state index contributed by atoms with van der Waals surface area (Å²) >= 11 is 6.04. The van der Waals surface area contributed by atoms with Crippen molar-refractivity contribution in [2.45, 2.75) is 19.8 Å². The van der Waals surface area contributed by atoms with Crippen molar-refractivity contribution in [2.24, 2.45) is 0 Å². The SMILES string of the molecule is CC(C)c1ccccc1OCCNC(=O)/C=C/c1ccccc1Cl. The summed E-state index contributed by atoms with van der Waals surface area (Å²) in [6.45, 7) is 5.13. The Bertz CT molecular complexity index is 710. The van der Waals surface area contributed by atoms with Gasteiger partial charge in [-0.15, -0.1) is 0 Å². The summed E-state index contributed by atoms with van der Waals surface area (Å²) in [5.74, 6) is 1.10. The lowest BCUT2D eigenvalue weighted by atomic mass is 10.0. The van der Waals surface area contributed by atoms with Crippen molar-refractivity contribution in [3.8, 4) is 5.75 Å². The lowest BCUT2D eigenvalue weighted by Crippen LogP contribution is -2.26. The molecule has 0 saturated heterocycles. The maximum atomic E-state index is 11.8. The molecule has 0 saturated carbocycles. The van der Waals surface area contributed by atoms with Crippen LogP contribution in [0.1, 0.15) is 30.9 Å². The number of rotatable bonds is 7. The number of carbonyl (C=O) groups excluding carboxylic acids is 1. The molecule has 0 unspecified atom stereocenters. The highest BCUT2D eigenvalue weighted by atomic mass is 35.5. The van der Waals surface area contributed by atoms with Crippen LogP contribution in [0.5, 0.6) is 5.75 Å². The highest BCUT2D eigenvalue weighted by Gasteiger charge is 2.06. The van der Waals surface area contributed by atoms with Crippen molar-refractivity contribution < 1.29 is 9.53 Å². The maximum absolute atomic E-state index is 11.8. The first-order chi connectivity index (χ1) is 11.6. The maximum Gasteiger partial charge on any atom is 0.244 e.